The van der Waals surface area contributed by atoms with E-state index < -0.39 is 0 Å². The van der Waals surface area contributed by atoms with E-state index in [1.807, 2.05) is 24.3 Å². The summed E-state index contributed by atoms with van der Waals surface area (Å²) in [5.41, 5.74) is 2.04. The van der Waals surface area contributed by atoms with Crippen LogP contribution < -0.4 is 10.1 Å². The summed E-state index contributed by atoms with van der Waals surface area (Å²) in [6.45, 7) is 0.487. The van der Waals surface area contributed by atoms with Gasteiger partial charge in [-0.05, 0) is 11.6 Å². The van der Waals surface area contributed by atoms with Gasteiger partial charge in [0.25, 0.3) is 0 Å². The Morgan fingerprint density at radius 2 is 2.00 bits per heavy atom. The molecule has 24 heavy (non-hydrogen) atoms. The second-order valence-electron chi connectivity index (χ2n) is 5.66. The van der Waals surface area contributed by atoms with Gasteiger partial charge in [-0.25, -0.2) is 4.39 Å². The van der Waals surface area contributed by atoms with Gasteiger partial charge in [-0.1, -0.05) is 53.8 Å². The van der Waals surface area contributed by atoms with E-state index in [2.05, 4.69) is 27.6 Å². The molecule has 0 bridgehead atoms. The topological polar surface area (TPSA) is 47.0 Å². The summed E-state index contributed by atoms with van der Waals surface area (Å²) in [4.78, 5) is 0. The normalized spacial score (nSPS) is 16.3. The molecule has 4 rings (SSSR count). The lowest BCUT2D eigenvalue weighted by molar-refractivity contribution is 0.260. The highest BCUT2D eigenvalue weighted by Crippen LogP contribution is 2.36. The molecule has 0 amide bonds. The maximum Gasteiger partial charge on any atom is 0.206 e. The smallest absolute Gasteiger partial charge is 0.206 e. The summed E-state index contributed by atoms with van der Waals surface area (Å²) < 4.78 is 19.3. The van der Waals surface area contributed by atoms with Crippen molar-refractivity contribution in [3.05, 3.63) is 70.5 Å². The van der Waals surface area contributed by atoms with Crippen LogP contribution in [0.2, 0.25) is 0 Å². The number of ether oxygens (including phenoxy) is 1. The van der Waals surface area contributed by atoms with Crippen molar-refractivity contribution in [3.8, 4) is 5.75 Å². The van der Waals surface area contributed by atoms with Crippen LogP contribution in [-0.4, -0.2) is 16.8 Å². The van der Waals surface area contributed by atoms with Crippen molar-refractivity contribution in [2.75, 3.05) is 11.9 Å². The molecule has 1 aliphatic heterocycles. The van der Waals surface area contributed by atoms with Crippen LogP contribution in [0.5, 0.6) is 5.75 Å². The molecule has 4 nitrogen and oxygen atoms in total. The van der Waals surface area contributed by atoms with E-state index in [0.29, 0.717) is 12.4 Å². The number of para-hydroxylation sites is 1. The van der Waals surface area contributed by atoms with E-state index in [-0.39, 0.29) is 11.9 Å². The highest BCUT2D eigenvalue weighted by molar-refractivity contribution is 7.15. The fraction of sp³-hybridized carbons (Fsp3) is 0.222. The number of anilines is 1. The lowest BCUT2D eigenvalue weighted by Gasteiger charge is -2.26. The average Bonchev–Trinajstić information content (AvgIpc) is 3.04. The Balaban J connectivity index is 1.50. The SMILES string of the molecule is Fc1cccc2c1OCC[C@@H]2Nc1nnc(Cc2ccccc2)s1. The number of rotatable bonds is 4. The summed E-state index contributed by atoms with van der Waals surface area (Å²) in [7, 11) is 0. The van der Waals surface area contributed by atoms with E-state index in [1.165, 1.54) is 23.0 Å². The molecule has 3 aromatic rings. The predicted molar refractivity (Wildman–Crippen MR) is 92.0 cm³/mol. The molecule has 2 heterocycles. The molecule has 0 spiro atoms. The van der Waals surface area contributed by atoms with Crippen molar-refractivity contribution < 1.29 is 9.13 Å². The van der Waals surface area contributed by atoms with Crippen molar-refractivity contribution in [1.82, 2.24) is 10.2 Å². The zero-order valence-electron chi connectivity index (χ0n) is 12.9. The molecule has 1 aromatic heterocycles. The summed E-state index contributed by atoms with van der Waals surface area (Å²) in [5.74, 6) is 0.0244. The molecule has 0 fully saturated rings. The minimum atomic E-state index is -0.318. The number of hydrogen-bond acceptors (Lipinski definition) is 5. The van der Waals surface area contributed by atoms with E-state index in [1.54, 1.807) is 6.07 Å². The molecule has 1 atom stereocenters. The van der Waals surface area contributed by atoms with Crippen LogP contribution in [0.3, 0.4) is 0 Å². The van der Waals surface area contributed by atoms with Gasteiger partial charge in [0.05, 0.1) is 12.6 Å². The molecule has 0 saturated heterocycles. The van der Waals surface area contributed by atoms with Gasteiger partial charge in [0.15, 0.2) is 11.6 Å². The molecule has 0 saturated carbocycles. The second kappa shape index (κ2) is 6.57. The molecular formula is C18H16FN3OS. The van der Waals surface area contributed by atoms with Crippen molar-refractivity contribution in [3.63, 3.8) is 0 Å². The molecule has 1 aliphatic rings. The Morgan fingerprint density at radius 1 is 1.12 bits per heavy atom. The monoisotopic (exact) mass is 341 g/mol. The molecule has 122 valence electrons. The Kier molecular flexibility index (Phi) is 4.13. The van der Waals surface area contributed by atoms with Crippen LogP contribution >= 0.6 is 11.3 Å². The number of nitrogens with one attached hydrogen (secondary N) is 1. The summed E-state index contributed by atoms with van der Waals surface area (Å²) in [6, 6.07) is 15.2. The van der Waals surface area contributed by atoms with Gasteiger partial charge in [-0.2, -0.15) is 0 Å². The molecule has 0 unspecified atom stereocenters. The zero-order valence-corrected chi connectivity index (χ0v) is 13.7. The number of benzene rings is 2. The second-order valence-corrected chi connectivity index (χ2v) is 6.72. The van der Waals surface area contributed by atoms with Crippen LogP contribution in [0, 0.1) is 5.82 Å². The minimum absolute atomic E-state index is 0.0121. The highest BCUT2D eigenvalue weighted by atomic mass is 32.1. The average molecular weight is 341 g/mol. The molecular weight excluding hydrogens is 325 g/mol. The number of halogens is 1. The van der Waals surface area contributed by atoms with Gasteiger partial charge in [0.2, 0.25) is 5.13 Å². The predicted octanol–water partition coefficient (Wildman–Crippen LogP) is 4.20. The van der Waals surface area contributed by atoms with E-state index in [4.69, 9.17) is 4.74 Å². The summed E-state index contributed by atoms with van der Waals surface area (Å²) in [6.07, 6.45) is 1.53. The van der Waals surface area contributed by atoms with Gasteiger partial charge >= 0.3 is 0 Å². The Hall–Kier alpha value is -2.47. The van der Waals surface area contributed by atoms with Crippen LogP contribution in [0.15, 0.2) is 48.5 Å². The first-order valence-corrected chi connectivity index (χ1v) is 8.65. The molecule has 1 N–H and O–H groups in total. The largest absolute Gasteiger partial charge is 0.490 e. The van der Waals surface area contributed by atoms with Crippen LogP contribution in [0.1, 0.15) is 28.6 Å². The molecule has 2 aromatic carbocycles. The number of aromatic nitrogens is 2. The molecule has 6 heteroatoms. The van der Waals surface area contributed by atoms with Gasteiger partial charge in [-0.15, -0.1) is 10.2 Å². The summed E-state index contributed by atoms with van der Waals surface area (Å²) >= 11 is 1.53. The first-order valence-electron chi connectivity index (χ1n) is 7.83. The van der Waals surface area contributed by atoms with Gasteiger partial charge in [0.1, 0.15) is 5.01 Å². The third-order valence-electron chi connectivity index (χ3n) is 3.99. The van der Waals surface area contributed by atoms with Crippen molar-refractivity contribution >= 4 is 16.5 Å². The fourth-order valence-electron chi connectivity index (χ4n) is 2.84. The first-order chi connectivity index (χ1) is 11.8. The first kappa shape index (κ1) is 15.1. The third-order valence-corrected chi connectivity index (χ3v) is 4.84. The van der Waals surface area contributed by atoms with Crippen molar-refractivity contribution in [2.24, 2.45) is 0 Å². The van der Waals surface area contributed by atoms with E-state index in [0.717, 1.165) is 28.5 Å². The van der Waals surface area contributed by atoms with E-state index >= 15 is 0 Å². The van der Waals surface area contributed by atoms with Crippen molar-refractivity contribution in [1.29, 1.82) is 0 Å². The van der Waals surface area contributed by atoms with Gasteiger partial charge in [-0.3, -0.25) is 0 Å². The zero-order chi connectivity index (χ0) is 16.4. The third kappa shape index (κ3) is 3.10. The van der Waals surface area contributed by atoms with Crippen LogP contribution in [0.4, 0.5) is 9.52 Å². The number of hydrogen-bond donors (Lipinski definition) is 1. The summed E-state index contributed by atoms with van der Waals surface area (Å²) in [5, 5.41) is 13.6. The Morgan fingerprint density at radius 3 is 2.88 bits per heavy atom. The lowest BCUT2D eigenvalue weighted by atomic mass is 10.0. The van der Waals surface area contributed by atoms with E-state index in [9.17, 15) is 4.39 Å². The number of nitrogens with zero attached hydrogens (tertiary/aromatic N) is 2. The molecule has 0 radical (unpaired) electrons. The van der Waals surface area contributed by atoms with Gasteiger partial charge in [0, 0.05) is 18.4 Å². The maximum atomic E-state index is 13.9. The van der Waals surface area contributed by atoms with Gasteiger partial charge < -0.3 is 10.1 Å². The highest BCUT2D eigenvalue weighted by Gasteiger charge is 2.24. The Bertz CT molecular complexity index is 837. The molecule has 0 aliphatic carbocycles. The maximum absolute atomic E-state index is 13.9. The van der Waals surface area contributed by atoms with Crippen LogP contribution in [0.25, 0.3) is 0 Å². The Labute approximate surface area is 143 Å². The fourth-order valence-corrected chi connectivity index (χ4v) is 3.67. The van der Waals surface area contributed by atoms with Crippen molar-refractivity contribution in [2.45, 2.75) is 18.9 Å². The standard InChI is InChI=1S/C18H16FN3OS/c19-14-8-4-7-13-15(9-10-23-17(13)14)20-18-22-21-16(24-18)11-12-5-2-1-3-6-12/h1-8,15H,9-11H2,(H,20,22)/t15-/m0/s1. The quantitative estimate of drug-likeness (QED) is 0.772. The number of fused-ring (bicyclic) bond motifs is 1. The van der Waals surface area contributed by atoms with Crippen LogP contribution in [-0.2, 0) is 6.42 Å². The minimum Gasteiger partial charge on any atom is -0.490 e. The lowest BCUT2D eigenvalue weighted by Crippen LogP contribution is -2.21.